The van der Waals surface area contributed by atoms with Crippen molar-refractivity contribution in [1.82, 2.24) is 10.2 Å². The number of likely N-dealkylation sites (tertiary alicyclic amines) is 1. The number of benzene rings is 1. The largest absolute Gasteiger partial charge is 0.356 e. The van der Waals surface area contributed by atoms with Gasteiger partial charge in [-0.05, 0) is 43.9 Å². The van der Waals surface area contributed by atoms with Crippen LogP contribution in [0.2, 0.25) is 0 Å². The van der Waals surface area contributed by atoms with Crippen molar-refractivity contribution in [3.63, 3.8) is 0 Å². The zero-order valence-electron chi connectivity index (χ0n) is 17.8. The molecule has 3 rings (SSSR count). The lowest BCUT2D eigenvalue weighted by atomic mass is 10.00. The van der Waals surface area contributed by atoms with Gasteiger partial charge in [0, 0.05) is 30.6 Å². The molecule has 0 bridgehead atoms. The second-order valence-electron chi connectivity index (χ2n) is 8.16. The molecule has 164 valence electrons. The summed E-state index contributed by atoms with van der Waals surface area (Å²) >= 11 is 0. The third kappa shape index (κ3) is 4.91. The average Bonchev–Trinajstić information content (AvgIpc) is 2.96. The van der Waals surface area contributed by atoms with Crippen molar-refractivity contribution >= 4 is 26.7 Å². The summed E-state index contributed by atoms with van der Waals surface area (Å²) in [5.74, 6) is 0.144. The second kappa shape index (κ2) is 9.29. The van der Waals surface area contributed by atoms with Crippen LogP contribution in [-0.4, -0.2) is 44.2 Å². The van der Waals surface area contributed by atoms with Crippen molar-refractivity contribution in [2.45, 2.75) is 58.9 Å². The van der Waals surface area contributed by atoms with E-state index in [1.54, 1.807) is 6.92 Å². The lowest BCUT2D eigenvalue weighted by Gasteiger charge is -2.34. The van der Waals surface area contributed by atoms with Gasteiger partial charge in [-0.15, -0.1) is 4.40 Å². The predicted octanol–water partition coefficient (Wildman–Crippen LogP) is 3.71. The molecule has 1 aromatic carbocycles. The maximum Gasteiger partial charge on any atom is 0.285 e. The van der Waals surface area contributed by atoms with Crippen LogP contribution in [-0.2, 0) is 14.8 Å². The maximum atomic E-state index is 13.2. The molecule has 2 aliphatic rings. The number of amides is 1. The van der Waals surface area contributed by atoms with Crippen LogP contribution in [0.25, 0.3) is 4.91 Å². The van der Waals surface area contributed by atoms with E-state index >= 15 is 0 Å². The van der Waals surface area contributed by atoms with Crippen molar-refractivity contribution in [1.29, 1.82) is 0 Å². The van der Waals surface area contributed by atoms with Gasteiger partial charge in [0.1, 0.15) is 16.6 Å². The van der Waals surface area contributed by atoms with Gasteiger partial charge in [0.05, 0.1) is 0 Å². The molecule has 0 aromatic heterocycles. The fraction of sp³-hybridized carbons (Fsp3) is 0.545. The molecule has 0 spiro atoms. The highest BCUT2D eigenvalue weighted by molar-refractivity contribution is 8.00. The normalized spacial score (nSPS) is 20.3. The van der Waals surface area contributed by atoms with Crippen LogP contribution in [0.15, 0.2) is 34.2 Å². The minimum atomic E-state index is -3.82. The fourth-order valence-corrected chi connectivity index (χ4v) is 5.49. The number of nitrogens with one attached hydrogen (secondary N) is 1. The van der Waals surface area contributed by atoms with E-state index in [2.05, 4.69) is 16.6 Å². The van der Waals surface area contributed by atoms with E-state index in [-0.39, 0.29) is 22.8 Å². The van der Waals surface area contributed by atoms with Crippen molar-refractivity contribution in [3.8, 4) is 0 Å². The number of hydrogen-bond donors (Lipinski definition) is 1. The Kier molecular flexibility index (Phi) is 6.95. The number of carbonyl (C=O) groups excluding carboxylic acids is 1. The molecule has 0 saturated carbocycles. The molecule has 1 saturated heterocycles. The SMILES string of the molecule is CCCC[C@@H](C)C(=O)NC1CCN(C2=NS(=O)(=O)C(c3ccc(F)cc3)=C2C)CC1. The summed E-state index contributed by atoms with van der Waals surface area (Å²) in [7, 11) is -3.82. The van der Waals surface area contributed by atoms with E-state index in [9.17, 15) is 17.6 Å². The number of halogens is 1. The molecule has 2 aliphatic heterocycles. The predicted molar refractivity (Wildman–Crippen MR) is 117 cm³/mol. The van der Waals surface area contributed by atoms with Crippen LogP contribution in [0.5, 0.6) is 0 Å². The summed E-state index contributed by atoms with van der Waals surface area (Å²) in [4.78, 5) is 14.5. The monoisotopic (exact) mass is 435 g/mol. The minimum absolute atomic E-state index is 0.00998. The fourth-order valence-electron chi connectivity index (χ4n) is 4.01. The highest BCUT2D eigenvalue weighted by Crippen LogP contribution is 2.34. The Morgan fingerprint density at radius 3 is 2.50 bits per heavy atom. The Labute approximate surface area is 178 Å². The average molecular weight is 436 g/mol. The number of nitrogens with zero attached hydrogens (tertiary/aromatic N) is 2. The van der Waals surface area contributed by atoms with E-state index in [1.807, 2.05) is 11.8 Å². The summed E-state index contributed by atoms with van der Waals surface area (Å²) < 4.78 is 42.6. The molecule has 1 amide bonds. The summed E-state index contributed by atoms with van der Waals surface area (Å²) in [6.45, 7) is 7.06. The molecule has 6 nitrogen and oxygen atoms in total. The molecule has 0 aliphatic carbocycles. The standard InChI is InChI=1S/C22H30FN3O3S/c1-4-5-6-15(2)22(27)24-19-11-13-26(14-12-19)21-16(3)20(30(28,29)25-21)17-7-9-18(23)10-8-17/h7-10,15,19H,4-6,11-14H2,1-3H3,(H,24,27)/t15-/m1/s1. The van der Waals surface area contributed by atoms with E-state index < -0.39 is 15.8 Å². The van der Waals surface area contributed by atoms with Crippen LogP contribution < -0.4 is 5.32 Å². The van der Waals surface area contributed by atoms with E-state index in [1.165, 1.54) is 24.3 Å². The van der Waals surface area contributed by atoms with E-state index in [0.29, 0.717) is 30.1 Å². The lowest BCUT2D eigenvalue weighted by molar-refractivity contribution is -0.125. The maximum absolute atomic E-state index is 13.2. The zero-order chi connectivity index (χ0) is 21.9. The third-order valence-corrected chi connectivity index (χ3v) is 7.30. The van der Waals surface area contributed by atoms with Gasteiger partial charge in [-0.1, -0.05) is 38.8 Å². The Morgan fingerprint density at radius 2 is 1.90 bits per heavy atom. The summed E-state index contributed by atoms with van der Waals surface area (Å²) in [5, 5.41) is 3.13. The van der Waals surface area contributed by atoms with Gasteiger partial charge >= 0.3 is 0 Å². The van der Waals surface area contributed by atoms with Gasteiger partial charge in [0.2, 0.25) is 5.91 Å². The smallest absolute Gasteiger partial charge is 0.285 e. The van der Waals surface area contributed by atoms with Crippen molar-refractivity contribution in [3.05, 3.63) is 41.2 Å². The number of piperidine rings is 1. The summed E-state index contributed by atoms with van der Waals surface area (Å²) in [6.07, 6.45) is 4.50. The molecule has 1 aromatic rings. The number of hydrogen-bond acceptors (Lipinski definition) is 4. The van der Waals surface area contributed by atoms with Crippen molar-refractivity contribution < 1.29 is 17.6 Å². The number of carbonyl (C=O) groups is 1. The van der Waals surface area contributed by atoms with Crippen molar-refractivity contribution in [2.75, 3.05) is 13.1 Å². The first-order chi connectivity index (χ1) is 14.2. The topological polar surface area (TPSA) is 78.8 Å². The van der Waals surface area contributed by atoms with E-state index in [4.69, 9.17) is 0 Å². The number of rotatable bonds is 6. The summed E-state index contributed by atoms with van der Waals surface area (Å²) in [5.41, 5.74) is 1.02. The highest BCUT2D eigenvalue weighted by atomic mass is 32.2. The van der Waals surface area contributed by atoms with E-state index in [0.717, 1.165) is 32.1 Å². The second-order valence-corrected chi connectivity index (χ2v) is 9.71. The lowest BCUT2D eigenvalue weighted by Crippen LogP contribution is -2.47. The number of unbranched alkanes of at least 4 members (excludes halogenated alkanes) is 1. The van der Waals surface area contributed by atoms with Gasteiger partial charge in [-0.3, -0.25) is 4.79 Å². The highest BCUT2D eigenvalue weighted by Gasteiger charge is 2.35. The third-order valence-electron chi connectivity index (χ3n) is 5.83. The van der Waals surface area contributed by atoms with Gasteiger partial charge in [-0.25, -0.2) is 4.39 Å². The quantitative estimate of drug-likeness (QED) is 0.739. The Morgan fingerprint density at radius 1 is 1.27 bits per heavy atom. The first-order valence-electron chi connectivity index (χ1n) is 10.6. The first-order valence-corrected chi connectivity index (χ1v) is 12.0. The minimum Gasteiger partial charge on any atom is -0.356 e. The van der Waals surface area contributed by atoms with Gasteiger partial charge in [0.15, 0.2) is 0 Å². The molecule has 0 radical (unpaired) electrons. The molecule has 1 atom stereocenters. The van der Waals surface area contributed by atoms with Crippen LogP contribution in [0.3, 0.4) is 0 Å². The number of amidine groups is 1. The molecule has 1 fully saturated rings. The van der Waals surface area contributed by atoms with Gasteiger partial charge < -0.3 is 10.2 Å². The van der Waals surface area contributed by atoms with Crippen LogP contribution in [0.1, 0.15) is 58.4 Å². The van der Waals surface area contributed by atoms with Gasteiger partial charge in [0.25, 0.3) is 10.0 Å². The number of sulfonamides is 1. The Balaban J connectivity index is 1.65. The zero-order valence-corrected chi connectivity index (χ0v) is 18.6. The van der Waals surface area contributed by atoms with Crippen LogP contribution in [0.4, 0.5) is 4.39 Å². The van der Waals surface area contributed by atoms with Crippen LogP contribution in [0, 0.1) is 11.7 Å². The van der Waals surface area contributed by atoms with Crippen molar-refractivity contribution in [2.24, 2.45) is 10.3 Å². The summed E-state index contributed by atoms with van der Waals surface area (Å²) in [6, 6.07) is 5.52. The first kappa shape index (κ1) is 22.5. The Bertz CT molecular complexity index is 946. The molecule has 0 unspecified atom stereocenters. The molecule has 30 heavy (non-hydrogen) atoms. The van der Waals surface area contributed by atoms with Gasteiger partial charge in [-0.2, -0.15) is 8.42 Å². The molecule has 8 heteroatoms. The Hall–Kier alpha value is -2.22. The molecule has 2 heterocycles. The molecular weight excluding hydrogens is 405 g/mol. The van der Waals surface area contributed by atoms with Crippen LogP contribution >= 0.6 is 0 Å². The molecule has 1 N–H and O–H groups in total. The molecular formula is C22H30FN3O3S.